The quantitative estimate of drug-likeness (QED) is 0.430. The minimum absolute atomic E-state index is 0.0457. The van der Waals surface area contributed by atoms with Gasteiger partial charge >= 0.3 is 0 Å². The van der Waals surface area contributed by atoms with Crippen molar-refractivity contribution in [3.8, 4) is 5.75 Å². The van der Waals surface area contributed by atoms with Crippen molar-refractivity contribution in [1.82, 2.24) is 10.2 Å². The normalized spacial score (nSPS) is 16.5. The van der Waals surface area contributed by atoms with Gasteiger partial charge in [-0.2, -0.15) is 0 Å². The van der Waals surface area contributed by atoms with Gasteiger partial charge in [-0.1, -0.05) is 6.07 Å². The van der Waals surface area contributed by atoms with Crippen LogP contribution in [-0.4, -0.2) is 41.5 Å². The second-order valence-corrected chi connectivity index (χ2v) is 5.77. The van der Waals surface area contributed by atoms with E-state index in [1.54, 1.807) is 12.1 Å². The number of amides is 2. The van der Waals surface area contributed by atoms with Gasteiger partial charge in [0.1, 0.15) is 17.9 Å². The minimum Gasteiger partial charge on any atom is -0.546 e. The van der Waals surface area contributed by atoms with Crippen LogP contribution in [0.3, 0.4) is 0 Å². The molecule has 1 heterocycles. The van der Waals surface area contributed by atoms with E-state index in [1.807, 2.05) is 0 Å². The molecule has 0 unspecified atom stereocenters. The number of nitrogens with zero attached hydrogens (tertiary/aromatic N) is 1. The Labute approximate surface area is 145 Å². The fourth-order valence-corrected chi connectivity index (χ4v) is 2.46. The van der Waals surface area contributed by atoms with E-state index in [4.69, 9.17) is 17.0 Å². The molecule has 1 aromatic carbocycles. The first-order valence-corrected chi connectivity index (χ1v) is 7.47. The molecule has 0 aliphatic carbocycles. The molecule has 1 N–H and O–H groups in total. The summed E-state index contributed by atoms with van der Waals surface area (Å²) in [5.74, 6) is -2.13. The number of rotatable bonds is 4. The average molecular weight is 398 g/mol. The number of carbonyl (C=O) groups is 3. The molecule has 7 nitrogen and oxygen atoms in total. The molecule has 120 valence electrons. The second kappa shape index (κ2) is 6.88. The molecule has 9 heteroatoms. The molecule has 1 aromatic rings. The number of carbonyl (C=O) groups excluding carboxylic acids is 3. The zero-order valence-electron chi connectivity index (χ0n) is 11.8. The minimum atomic E-state index is -1.34. The average Bonchev–Trinajstić information content (AvgIpc) is 2.48. The fraction of sp³-hybridized carbons (Fsp3) is 0.143. The van der Waals surface area contributed by atoms with Gasteiger partial charge in [0.25, 0.3) is 11.8 Å². The van der Waals surface area contributed by atoms with Crippen molar-refractivity contribution in [1.29, 1.82) is 0 Å². The number of carboxylic acid groups (broad SMARTS) is 1. The maximum Gasteiger partial charge on any atom is 0.265 e. The summed E-state index contributed by atoms with van der Waals surface area (Å²) in [5.41, 5.74) is 0.494. The van der Waals surface area contributed by atoms with Gasteiger partial charge in [-0.3, -0.25) is 19.8 Å². The van der Waals surface area contributed by atoms with E-state index in [1.165, 1.54) is 19.2 Å². The van der Waals surface area contributed by atoms with E-state index in [2.05, 4.69) is 21.2 Å². The number of nitrogens with one attached hydrogen (secondary N) is 1. The summed E-state index contributed by atoms with van der Waals surface area (Å²) >= 11 is 8.09. The van der Waals surface area contributed by atoms with Gasteiger partial charge in [0.15, 0.2) is 5.11 Å². The number of benzene rings is 1. The molecule has 23 heavy (non-hydrogen) atoms. The van der Waals surface area contributed by atoms with Crippen LogP contribution < -0.4 is 15.2 Å². The number of thiocarbonyl (C=S) groups is 1. The van der Waals surface area contributed by atoms with Crippen LogP contribution in [0.15, 0.2) is 28.2 Å². The van der Waals surface area contributed by atoms with Crippen LogP contribution in [0.5, 0.6) is 5.75 Å². The number of ether oxygens (including phenoxy) is 1. The summed E-state index contributed by atoms with van der Waals surface area (Å²) in [7, 11) is 1.46. The third-order valence-electron chi connectivity index (χ3n) is 2.92. The third kappa shape index (κ3) is 3.93. The molecule has 1 fully saturated rings. The molecule has 0 atom stereocenters. The Morgan fingerprint density at radius 2 is 2.17 bits per heavy atom. The molecule has 0 aromatic heterocycles. The first-order chi connectivity index (χ1) is 10.8. The molecule has 0 radical (unpaired) electrons. The van der Waals surface area contributed by atoms with Crippen LogP contribution in [0.4, 0.5) is 0 Å². The van der Waals surface area contributed by atoms with E-state index in [0.717, 1.165) is 4.90 Å². The largest absolute Gasteiger partial charge is 0.546 e. The lowest BCUT2D eigenvalue weighted by molar-refractivity contribution is -0.307. The molecule has 2 rings (SSSR count). The predicted molar refractivity (Wildman–Crippen MR) is 86.1 cm³/mol. The monoisotopic (exact) mass is 397 g/mol. The van der Waals surface area contributed by atoms with Crippen LogP contribution in [0, 0.1) is 0 Å². The van der Waals surface area contributed by atoms with Gasteiger partial charge < -0.3 is 14.6 Å². The SMILES string of the molecule is CN1C(=O)/C(=C/c2ccc(OCC(=O)[O-])c(Br)c2)C(=O)NC1=S. The van der Waals surface area contributed by atoms with E-state index >= 15 is 0 Å². The van der Waals surface area contributed by atoms with E-state index in [-0.39, 0.29) is 10.7 Å². The summed E-state index contributed by atoms with van der Waals surface area (Å²) in [6.07, 6.45) is 1.41. The summed E-state index contributed by atoms with van der Waals surface area (Å²) in [5, 5.41) is 12.8. The Morgan fingerprint density at radius 3 is 2.78 bits per heavy atom. The summed E-state index contributed by atoms with van der Waals surface area (Å²) in [6.45, 7) is -0.581. The van der Waals surface area contributed by atoms with Gasteiger partial charge in [0.2, 0.25) is 0 Å². The summed E-state index contributed by atoms with van der Waals surface area (Å²) in [4.78, 5) is 35.5. The Morgan fingerprint density at radius 1 is 1.48 bits per heavy atom. The second-order valence-electron chi connectivity index (χ2n) is 4.53. The lowest BCUT2D eigenvalue weighted by Crippen LogP contribution is -2.52. The van der Waals surface area contributed by atoms with Crippen LogP contribution in [0.25, 0.3) is 6.08 Å². The molecule has 0 spiro atoms. The van der Waals surface area contributed by atoms with Gasteiger partial charge in [-0.15, -0.1) is 0 Å². The van der Waals surface area contributed by atoms with Crippen molar-refractivity contribution in [2.45, 2.75) is 0 Å². The molecule has 0 saturated carbocycles. The van der Waals surface area contributed by atoms with Crippen LogP contribution in [-0.2, 0) is 14.4 Å². The van der Waals surface area contributed by atoms with Crippen LogP contribution >= 0.6 is 28.1 Å². The Kier molecular flexibility index (Phi) is 5.12. The van der Waals surface area contributed by atoms with Crippen molar-refractivity contribution in [2.24, 2.45) is 0 Å². The van der Waals surface area contributed by atoms with Gasteiger partial charge in [-0.05, 0) is 51.9 Å². The van der Waals surface area contributed by atoms with Crippen molar-refractivity contribution < 1.29 is 24.2 Å². The van der Waals surface area contributed by atoms with Gasteiger partial charge in [0, 0.05) is 7.05 Å². The van der Waals surface area contributed by atoms with Crippen molar-refractivity contribution in [3.63, 3.8) is 0 Å². The topological polar surface area (TPSA) is 98.8 Å². The zero-order chi connectivity index (χ0) is 17.1. The molecule has 1 aliphatic heterocycles. The first kappa shape index (κ1) is 17.1. The van der Waals surface area contributed by atoms with E-state index < -0.39 is 24.4 Å². The molecule has 0 bridgehead atoms. The smallest absolute Gasteiger partial charge is 0.265 e. The fourth-order valence-electron chi connectivity index (χ4n) is 1.77. The zero-order valence-corrected chi connectivity index (χ0v) is 14.2. The highest BCUT2D eigenvalue weighted by molar-refractivity contribution is 9.10. The first-order valence-electron chi connectivity index (χ1n) is 6.27. The van der Waals surface area contributed by atoms with Crippen molar-refractivity contribution in [3.05, 3.63) is 33.8 Å². The predicted octanol–water partition coefficient (Wildman–Crippen LogP) is -0.166. The van der Waals surface area contributed by atoms with Crippen molar-refractivity contribution in [2.75, 3.05) is 13.7 Å². The third-order valence-corrected chi connectivity index (χ3v) is 3.91. The Hall–Kier alpha value is -2.26. The highest BCUT2D eigenvalue weighted by Gasteiger charge is 2.30. The van der Waals surface area contributed by atoms with Crippen molar-refractivity contribution >= 4 is 57.1 Å². The number of halogens is 1. The van der Waals surface area contributed by atoms with Gasteiger partial charge in [-0.25, -0.2) is 0 Å². The number of hydrogen-bond acceptors (Lipinski definition) is 6. The maximum atomic E-state index is 12.1. The van der Waals surface area contributed by atoms with Gasteiger partial charge in [0.05, 0.1) is 10.4 Å². The number of likely N-dealkylation sites (N-methyl/N-ethyl adjacent to an activating group) is 1. The number of aliphatic carboxylic acids is 1. The number of carboxylic acids is 1. The summed E-state index contributed by atoms with van der Waals surface area (Å²) < 4.78 is 5.49. The molecular formula is C14H10BrN2O5S-. The molecule has 1 saturated heterocycles. The van der Waals surface area contributed by atoms with E-state index in [0.29, 0.717) is 15.8 Å². The standard InChI is InChI=1S/C14H11BrN2O5S/c1-17-13(21)8(12(20)16-14(17)23)4-7-2-3-10(9(15)5-7)22-6-11(18)19/h2-5H,6H2,1H3,(H,18,19)(H,16,20,23)/p-1/b8-4+. The van der Waals surface area contributed by atoms with Crippen LogP contribution in [0.1, 0.15) is 5.56 Å². The molecule has 1 aliphatic rings. The maximum absolute atomic E-state index is 12.1. The Balaban J connectivity index is 2.27. The highest BCUT2D eigenvalue weighted by atomic mass is 79.9. The van der Waals surface area contributed by atoms with Crippen LogP contribution in [0.2, 0.25) is 0 Å². The Bertz CT molecular complexity index is 747. The van der Waals surface area contributed by atoms with E-state index in [9.17, 15) is 19.5 Å². The number of hydrogen-bond donors (Lipinski definition) is 1. The lowest BCUT2D eigenvalue weighted by atomic mass is 10.1. The molecule has 2 amide bonds. The summed E-state index contributed by atoms with van der Waals surface area (Å²) in [6, 6.07) is 4.68. The molecular weight excluding hydrogens is 388 g/mol. The lowest BCUT2D eigenvalue weighted by Gasteiger charge is -2.25. The highest BCUT2D eigenvalue weighted by Crippen LogP contribution is 2.27.